The topological polar surface area (TPSA) is 33.5 Å². The molecule has 1 amide bonds. The fourth-order valence-corrected chi connectivity index (χ4v) is 3.88. The van der Waals surface area contributed by atoms with E-state index in [1.165, 1.54) is 44.9 Å². The molecule has 0 radical (unpaired) electrons. The monoisotopic (exact) mass is 325 g/mol. The summed E-state index contributed by atoms with van der Waals surface area (Å²) in [7, 11) is 0. The molecular formula is C15H20BrNO2. The zero-order valence-electron chi connectivity index (χ0n) is 11.2. The molecule has 1 aliphatic carbocycles. The SMILES string of the molecule is O=C(c1ccc(Br)o1)N1CCC2(CCCCC2)CC1. The lowest BCUT2D eigenvalue weighted by Gasteiger charge is -2.44. The summed E-state index contributed by atoms with van der Waals surface area (Å²) in [6.45, 7) is 1.77. The lowest BCUT2D eigenvalue weighted by molar-refractivity contribution is 0.0446. The van der Waals surface area contributed by atoms with E-state index >= 15 is 0 Å². The van der Waals surface area contributed by atoms with Crippen molar-refractivity contribution in [2.24, 2.45) is 5.41 Å². The molecule has 2 aliphatic rings. The van der Waals surface area contributed by atoms with Gasteiger partial charge in [-0.15, -0.1) is 0 Å². The number of nitrogens with zero attached hydrogens (tertiary/aromatic N) is 1. The predicted molar refractivity (Wildman–Crippen MR) is 77.1 cm³/mol. The molecule has 0 unspecified atom stereocenters. The van der Waals surface area contributed by atoms with Gasteiger partial charge in [-0.1, -0.05) is 19.3 Å². The second-order valence-electron chi connectivity index (χ2n) is 5.96. The lowest BCUT2D eigenvalue weighted by atomic mass is 9.68. The minimum Gasteiger partial charge on any atom is -0.444 e. The number of carbonyl (C=O) groups is 1. The highest BCUT2D eigenvalue weighted by molar-refractivity contribution is 9.10. The van der Waals surface area contributed by atoms with Crippen LogP contribution in [0.2, 0.25) is 0 Å². The normalized spacial score (nSPS) is 22.7. The van der Waals surface area contributed by atoms with Crippen molar-refractivity contribution < 1.29 is 9.21 Å². The molecule has 4 heteroatoms. The number of furan rings is 1. The van der Waals surface area contributed by atoms with Crippen LogP contribution < -0.4 is 0 Å². The number of carbonyl (C=O) groups excluding carboxylic acids is 1. The van der Waals surface area contributed by atoms with Gasteiger partial charge >= 0.3 is 0 Å². The van der Waals surface area contributed by atoms with Crippen LogP contribution in [0.4, 0.5) is 0 Å². The van der Waals surface area contributed by atoms with Gasteiger partial charge < -0.3 is 9.32 Å². The molecule has 0 atom stereocenters. The first-order chi connectivity index (χ1) is 9.19. The van der Waals surface area contributed by atoms with Crippen LogP contribution in [-0.2, 0) is 0 Å². The maximum absolute atomic E-state index is 12.3. The summed E-state index contributed by atoms with van der Waals surface area (Å²) in [5, 5.41) is 0. The molecule has 2 heterocycles. The van der Waals surface area contributed by atoms with E-state index < -0.39 is 0 Å². The molecule has 1 aromatic heterocycles. The van der Waals surface area contributed by atoms with Crippen molar-refractivity contribution in [2.45, 2.75) is 44.9 Å². The van der Waals surface area contributed by atoms with Crippen LogP contribution in [0.15, 0.2) is 21.2 Å². The van der Waals surface area contributed by atoms with Crippen LogP contribution in [0.1, 0.15) is 55.5 Å². The van der Waals surface area contributed by atoms with Gasteiger partial charge in [-0.2, -0.15) is 0 Å². The summed E-state index contributed by atoms with van der Waals surface area (Å²) >= 11 is 3.24. The molecule has 1 saturated carbocycles. The molecule has 3 nitrogen and oxygen atoms in total. The highest BCUT2D eigenvalue weighted by Crippen LogP contribution is 2.44. The van der Waals surface area contributed by atoms with Crippen molar-refractivity contribution in [3.63, 3.8) is 0 Å². The van der Waals surface area contributed by atoms with Gasteiger partial charge in [0.15, 0.2) is 10.4 Å². The Morgan fingerprint density at radius 1 is 1.11 bits per heavy atom. The van der Waals surface area contributed by atoms with Crippen LogP contribution in [0.3, 0.4) is 0 Å². The van der Waals surface area contributed by atoms with Gasteiger partial charge in [0, 0.05) is 13.1 Å². The summed E-state index contributed by atoms with van der Waals surface area (Å²) in [5.74, 6) is 0.489. The number of rotatable bonds is 1. The summed E-state index contributed by atoms with van der Waals surface area (Å²) in [6.07, 6.45) is 9.20. The fraction of sp³-hybridized carbons (Fsp3) is 0.667. The summed E-state index contributed by atoms with van der Waals surface area (Å²) < 4.78 is 5.98. The molecule has 0 N–H and O–H groups in total. The van der Waals surface area contributed by atoms with E-state index in [-0.39, 0.29) is 5.91 Å². The molecule has 104 valence electrons. The Morgan fingerprint density at radius 3 is 2.37 bits per heavy atom. The van der Waals surface area contributed by atoms with Crippen molar-refractivity contribution in [1.82, 2.24) is 4.90 Å². The third kappa shape index (κ3) is 2.73. The predicted octanol–water partition coefficient (Wildman–Crippen LogP) is 4.23. The van der Waals surface area contributed by atoms with Gasteiger partial charge in [-0.05, 0) is 59.2 Å². The van der Waals surface area contributed by atoms with Crippen molar-refractivity contribution >= 4 is 21.8 Å². The number of hydrogen-bond acceptors (Lipinski definition) is 2. The Bertz CT molecular complexity index is 452. The van der Waals surface area contributed by atoms with Gasteiger partial charge in [0.05, 0.1) is 0 Å². The zero-order chi connectivity index (χ0) is 13.3. The van der Waals surface area contributed by atoms with E-state index in [1.807, 2.05) is 4.90 Å². The second-order valence-corrected chi connectivity index (χ2v) is 6.74. The Morgan fingerprint density at radius 2 is 1.79 bits per heavy atom. The highest BCUT2D eigenvalue weighted by Gasteiger charge is 2.37. The Labute approximate surface area is 122 Å². The molecule has 2 fully saturated rings. The first-order valence-electron chi connectivity index (χ1n) is 7.23. The van der Waals surface area contributed by atoms with E-state index in [4.69, 9.17) is 4.42 Å². The minimum absolute atomic E-state index is 0.0383. The summed E-state index contributed by atoms with van der Waals surface area (Å²) in [4.78, 5) is 14.2. The molecule has 1 spiro atoms. The van der Waals surface area contributed by atoms with E-state index in [0.717, 1.165) is 13.1 Å². The number of halogens is 1. The van der Waals surface area contributed by atoms with Crippen LogP contribution >= 0.6 is 15.9 Å². The Kier molecular flexibility index (Phi) is 3.70. The van der Waals surface area contributed by atoms with Crippen LogP contribution in [0.25, 0.3) is 0 Å². The third-order valence-electron chi connectivity index (χ3n) is 4.81. The quantitative estimate of drug-likeness (QED) is 0.774. The second kappa shape index (κ2) is 5.31. The number of amides is 1. The number of likely N-dealkylation sites (tertiary alicyclic amines) is 1. The minimum atomic E-state index is 0.0383. The highest BCUT2D eigenvalue weighted by atomic mass is 79.9. The van der Waals surface area contributed by atoms with Crippen LogP contribution in [-0.4, -0.2) is 23.9 Å². The molecule has 1 aromatic rings. The smallest absolute Gasteiger partial charge is 0.289 e. The molecule has 19 heavy (non-hydrogen) atoms. The largest absolute Gasteiger partial charge is 0.444 e. The maximum Gasteiger partial charge on any atom is 0.289 e. The maximum atomic E-state index is 12.3. The molecule has 1 aliphatic heterocycles. The zero-order valence-corrected chi connectivity index (χ0v) is 12.7. The van der Waals surface area contributed by atoms with E-state index in [1.54, 1.807) is 12.1 Å². The van der Waals surface area contributed by atoms with Crippen LogP contribution in [0.5, 0.6) is 0 Å². The lowest BCUT2D eigenvalue weighted by Crippen LogP contribution is -2.43. The van der Waals surface area contributed by atoms with E-state index in [0.29, 0.717) is 15.8 Å². The molecule has 3 rings (SSSR count). The standard InChI is InChI=1S/C15H20BrNO2/c16-13-5-4-12(19-13)14(18)17-10-8-15(9-11-17)6-2-1-3-7-15/h4-5H,1-3,6-11H2. The van der Waals surface area contributed by atoms with Crippen LogP contribution in [0, 0.1) is 5.41 Å². The summed E-state index contributed by atoms with van der Waals surface area (Å²) in [6, 6.07) is 3.53. The molecule has 0 aromatic carbocycles. The van der Waals surface area contributed by atoms with Crippen molar-refractivity contribution in [1.29, 1.82) is 0 Å². The van der Waals surface area contributed by atoms with Gasteiger partial charge in [-0.25, -0.2) is 0 Å². The molecule has 1 saturated heterocycles. The first-order valence-corrected chi connectivity index (χ1v) is 8.03. The summed E-state index contributed by atoms with van der Waals surface area (Å²) in [5.41, 5.74) is 0.540. The average Bonchev–Trinajstić information content (AvgIpc) is 2.87. The van der Waals surface area contributed by atoms with Crippen molar-refractivity contribution in [2.75, 3.05) is 13.1 Å². The average molecular weight is 326 g/mol. The van der Waals surface area contributed by atoms with E-state index in [2.05, 4.69) is 15.9 Å². The first kappa shape index (κ1) is 13.2. The fourth-order valence-electron chi connectivity index (χ4n) is 3.57. The molecular weight excluding hydrogens is 306 g/mol. The van der Waals surface area contributed by atoms with Gasteiger partial charge in [0.1, 0.15) is 0 Å². The molecule has 0 bridgehead atoms. The Hall–Kier alpha value is -0.770. The van der Waals surface area contributed by atoms with Crippen molar-refractivity contribution in [3.05, 3.63) is 22.6 Å². The van der Waals surface area contributed by atoms with E-state index in [9.17, 15) is 4.79 Å². The van der Waals surface area contributed by atoms with Crippen molar-refractivity contribution in [3.8, 4) is 0 Å². The number of hydrogen-bond donors (Lipinski definition) is 0. The van der Waals surface area contributed by atoms with Gasteiger partial charge in [-0.3, -0.25) is 4.79 Å². The number of piperidine rings is 1. The third-order valence-corrected chi connectivity index (χ3v) is 5.24. The van der Waals surface area contributed by atoms with Gasteiger partial charge in [0.2, 0.25) is 0 Å². The van der Waals surface area contributed by atoms with Gasteiger partial charge in [0.25, 0.3) is 5.91 Å². The Balaban J connectivity index is 1.62.